The Kier molecular flexibility index (Phi) is 18.2. The number of carboxylic acid groups (broad SMARTS) is 1. The molecular weight excluding hydrogens is 614 g/mol. The summed E-state index contributed by atoms with van der Waals surface area (Å²) in [5, 5.41) is 10.6. The number of hydrogen-bond donors (Lipinski definition) is 2. The van der Waals surface area contributed by atoms with Crippen LogP contribution in [0.25, 0.3) is 0 Å². The third-order valence-electron chi connectivity index (χ3n) is 8.36. The van der Waals surface area contributed by atoms with Crippen molar-refractivity contribution in [3.05, 3.63) is 47.0 Å². The van der Waals surface area contributed by atoms with E-state index in [9.17, 15) is 9.59 Å². The van der Waals surface area contributed by atoms with Gasteiger partial charge in [-0.2, -0.15) is 0 Å². The van der Waals surface area contributed by atoms with Crippen molar-refractivity contribution in [3.8, 4) is 23.0 Å². The number of aliphatic carboxylic acids is 1. The lowest BCUT2D eigenvalue weighted by atomic mass is 9.88. The topological polar surface area (TPSA) is 127 Å². The molecule has 268 valence electrons. The van der Waals surface area contributed by atoms with E-state index in [0.29, 0.717) is 48.9 Å². The monoisotopic (exact) mass is 671 g/mol. The number of rotatable bonds is 19. The normalized spacial score (nSPS) is 13.5. The number of carbonyl (C=O) groups is 3. The van der Waals surface area contributed by atoms with Gasteiger partial charge in [0.25, 0.3) is 5.97 Å². The van der Waals surface area contributed by atoms with Crippen molar-refractivity contribution in [2.45, 2.75) is 84.6 Å². The van der Waals surface area contributed by atoms with Gasteiger partial charge in [0.05, 0.1) is 47.6 Å². The number of methoxy groups -OCH3 is 4. The number of fused-ring (bicyclic) bond motifs is 1. The summed E-state index contributed by atoms with van der Waals surface area (Å²) in [6.45, 7) is 7.57. The number of hydrogen-bond acceptors (Lipinski definition) is 8. The molecule has 2 amide bonds. The first-order valence-corrected chi connectivity index (χ1v) is 17.1. The van der Waals surface area contributed by atoms with E-state index in [2.05, 4.69) is 19.2 Å². The summed E-state index contributed by atoms with van der Waals surface area (Å²) in [4.78, 5) is 40.1. The molecule has 0 saturated carbocycles. The summed E-state index contributed by atoms with van der Waals surface area (Å²) in [5.41, 5.74) is 3.16. The van der Waals surface area contributed by atoms with Gasteiger partial charge in [-0.3, -0.25) is 14.4 Å². The molecule has 1 heterocycles. The highest BCUT2D eigenvalue weighted by molar-refractivity contribution is 5.86. The van der Waals surface area contributed by atoms with Crippen LogP contribution >= 0.6 is 0 Å². The average Bonchev–Trinajstić information content (AvgIpc) is 3.08. The van der Waals surface area contributed by atoms with Gasteiger partial charge in [0.15, 0.2) is 23.0 Å². The molecule has 0 fully saturated rings. The first kappa shape index (κ1) is 40.2. The third kappa shape index (κ3) is 12.6. The number of carbonyl (C=O) groups excluding carboxylic acids is 2. The first-order valence-electron chi connectivity index (χ1n) is 17.1. The molecule has 48 heavy (non-hydrogen) atoms. The number of nitrogens with one attached hydrogen (secondary N) is 1. The molecule has 0 aromatic heterocycles. The fraction of sp³-hybridized carbons (Fsp3) is 0.595. The molecule has 0 aliphatic carbocycles. The molecule has 1 atom stereocenters. The molecule has 1 aliphatic heterocycles. The van der Waals surface area contributed by atoms with E-state index in [1.165, 1.54) is 19.3 Å². The minimum Gasteiger partial charge on any atom is -0.493 e. The fourth-order valence-corrected chi connectivity index (χ4v) is 5.89. The van der Waals surface area contributed by atoms with Gasteiger partial charge in [0, 0.05) is 20.0 Å². The standard InChI is InChI=1S/C35H53N3O6.C2H4O2/c1-7-9-10-11-12-13-18-37(34(39)24-36-17-8-2)25-35(40)38-19-16-27-22-32(43-5)33(44-6)23-28(27)29(38)20-26-14-15-30(41-3)31(21-26)42-4;1-2(3)4/h14-15,21-23,29,36H,7-13,16-20,24-25H2,1-6H3;1H3,(H,3,4). The van der Waals surface area contributed by atoms with Crippen molar-refractivity contribution in [2.24, 2.45) is 0 Å². The molecule has 0 bridgehead atoms. The van der Waals surface area contributed by atoms with Gasteiger partial charge in [-0.1, -0.05) is 52.0 Å². The van der Waals surface area contributed by atoms with Crippen LogP contribution in [0.2, 0.25) is 0 Å². The van der Waals surface area contributed by atoms with Crippen LogP contribution in [0.15, 0.2) is 30.3 Å². The lowest BCUT2D eigenvalue weighted by Crippen LogP contribution is -2.49. The summed E-state index contributed by atoms with van der Waals surface area (Å²) in [6.07, 6.45) is 8.95. The molecule has 11 heteroatoms. The lowest BCUT2D eigenvalue weighted by Gasteiger charge is -2.39. The van der Waals surface area contributed by atoms with Crippen LogP contribution in [0.5, 0.6) is 23.0 Å². The SMILES string of the molecule is CC(=O)O.CCCCCCCCN(CC(=O)N1CCc2cc(OC)c(OC)cc2C1Cc1ccc(OC)c(OC)c1)C(=O)CNCCC. The zero-order chi connectivity index (χ0) is 35.5. The molecule has 1 aliphatic rings. The molecular formula is C37H57N3O8. The maximum absolute atomic E-state index is 14.1. The largest absolute Gasteiger partial charge is 0.493 e. The minimum atomic E-state index is -0.833. The van der Waals surface area contributed by atoms with Crippen LogP contribution in [0.3, 0.4) is 0 Å². The van der Waals surface area contributed by atoms with Crippen molar-refractivity contribution in [3.63, 3.8) is 0 Å². The van der Waals surface area contributed by atoms with E-state index in [1.54, 1.807) is 33.3 Å². The van der Waals surface area contributed by atoms with Crippen LogP contribution in [0, 0.1) is 0 Å². The van der Waals surface area contributed by atoms with Gasteiger partial charge in [0.2, 0.25) is 11.8 Å². The van der Waals surface area contributed by atoms with Gasteiger partial charge in [0.1, 0.15) is 0 Å². The Morgan fingerprint density at radius 1 is 0.854 bits per heavy atom. The highest BCUT2D eigenvalue weighted by atomic mass is 16.5. The number of amides is 2. The summed E-state index contributed by atoms with van der Waals surface area (Å²) in [5.74, 6) is 1.68. The van der Waals surface area contributed by atoms with Gasteiger partial charge in [-0.15, -0.1) is 0 Å². The van der Waals surface area contributed by atoms with Crippen molar-refractivity contribution >= 4 is 17.8 Å². The number of nitrogens with zero attached hydrogens (tertiary/aromatic N) is 2. The van der Waals surface area contributed by atoms with E-state index < -0.39 is 5.97 Å². The number of benzene rings is 2. The second kappa shape index (κ2) is 21.8. The van der Waals surface area contributed by atoms with Crippen LogP contribution in [0.4, 0.5) is 0 Å². The summed E-state index contributed by atoms with van der Waals surface area (Å²) in [7, 11) is 6.49. The molecule has 2 aromatic rings. The van der Waals surface area contributed by atoms with Crippen molar-refractivity contribution in [2.75, 3.05) is 61.2 Å². The Hall–Kier alpha value is -3.99. The first-order chi connectivity index (χ1) is 23.1. The summed E-state index contributed by atoms with van der Waals surface area (Å²) in [6, 6.07) is 9.62. The summed E-state index contributed by atoms with van der Waals surface area (Å²) >= 11 is 0. The van der Waals surface area contributed by atoms with Crippen molar-refractivity contribution < 1.29 is 38.4 Å². The molecule has 0 radical (unpaired) electrons. The Labute approximate surface area is 286 Å². The average molecular weight is 672 g/mol. The van der Waals surface area contributed by atoms with E-state index in [-0.39, 0.29) is 30.9 Å². The zero-order valence-electron chi connectivity index (χ0n) is 30.1. The Morgan fingerprint density at radius 2 is 1.46 bits per heavy atom. The molecule has 0 spiro atoms. The van der Waals surface area contributed by atoms with E-state index in [0.717, 1.165) is 55.8 Å². The summed E-state index contributed by atoms with van der Waals surface area (Å²) < 4.78 is 22.3. The van der Waals surface area contributed by atoms with Crippen molar-refractivity contribution in [1.29, 1.82) is 0 Å². The highest BCUT2D eigenvalue weighted by Gasteiger charge is 2.33. The number of carboxylic acids is 1. The molecule has 0 saturated heterocycles. The Balaban J connectivity index is 0.00000189. The Bertz CT molecular complexity index is 1300. The molecule has 11 nitrogen and oxygen atoms in total. The zero-order valence-corrected chi connectivity index (χ0v) is 30.1. The molecule has 2 aromatic carbocycles. The van der Waals surface area contributed by atoms with E-state index in [1.807, 2.05) is 35.2 Å². The highest BCUT2D eigenvalue weighted by Crippen LogP contribution is 2.40. The van der Waals surface area contributed by atoms with Crippen LogP contribution in [0.1, 0.15) is 88.4 Å². The maximum atomic E-state index is 14.1. The second-order valence-corrected chi connectivity index (χ2v) is 11.9. The van der Waals surface area contributed by atoms with Crippen LogP contribution in [-0.4, -0.2) is 93.9 Å². The van der Waals surface area contributed by atoms with E-state index in [4.69, 9.17) is 28.8 Å². The van der Waals surface area contributed by atoms with Crippen LogP contribution in [-0.2, 0) is 27.2 Å². The fourth-order valence-electron chi connectivity index (χ4n) is 5.89. The lowest BCUT2D eigenvalue weighted by molar-refractivity contribution is -0.142. The van der Waals surface area contributed by atoms with Crippen LogP contribution < -0.4 is 24.3 Å². The van der Waals surface area contributed by atoms with Gasteiger partial charge in [-0.05, 0) is 73.2 Å². The minimum absolute atomic E-state index is 0.0272. The quantitative estimate of drug-likeness (QED) is 0.182. The molecule has 3 rings (SSSR count). The van der Waals surface area contributed by atoms with Crippen molar-refractivity contribution in [1.82, 2.24) is 15.1 Å². The molecule has 1 unspecified atom stereocenters. The maximum Gasteiger partial charge on any atom is 0.300 e. The third-order valence-corrected chi connectivity index (χ3v) is 8.36. The van der Waals surface area contributed by atoms with Gasteiger partial charge >= 0.3 is 0 Å². The van der Waals surface area contributed by atoms with Gasteiger partial charge < -0.3 is 39.2 Å². The predicted octanol–water partition coefficient (Wildman–Crippen LogP) is 5.67. The second-order valence-electron chi connectivity index (χ2n) is 11.9. The van der Waals surface area contributed by atoms with Gasteiger partial charge in [-0.25, -0.2) is 0 Å². The number of unbranched alkanes of at least 4 members (excludes halogenated alkanes) is 5. The predicted molar refractivity (Wildman–Crippen MR) is 187 cm³/mol. The smallest absolute Gasteiger partial charge is 0.300 e. The van der Waals surface area contributed by atoms with E-state index >= 15 is 0 Å². The Morgan fingerprint density at radius 3 is 2.08 bits per heavy atom. The molecule has 2 N–H and O–H groups in total. The number of ether oxygens (including phenoxy) is 4.